The van der Waals surface area contributed by atoms with Crippen LogP contribution in [0.25, 0.3) is 0 Å². The highest BCUT2D eigenvalue weighted by molar-refractivity contribution is 7.91. The number of ether oxygens (including phenoxy) is 2. The molecule has 3 aliphatic rings. The summed E-state index contributed by atoms with van der Waals surface area (Å²) in [4.78, 5) is 19.8. The van der Waals surface area contributed by atoms with Crippen molar-refractivity contribution in [2.75, 3.05) is 39.5 Å². The Bertz CT molecular complexity index is 1640. The van der Waals surface area contributed by atoms with Crippen molar-refractivity contribution in [3.8, 4) is 11.5 Å². The van der Waals surface area contributed by atoms with Crippen LogP contribution < -0.4 is 9.47 Å². The lowest BCUT2D eigenvalue weighted by atomic mass is 9.86. The maximum absolute atomic E-state index is 14.2. The zero-order valence-corrected chi connectivity index (χ0v) is 25.9. The summed E-state index contributed by atoms with van der Waals surface area (Å²) in [6, 6.07) is 15.6. The van der Waals surface area contributed by atoms with Crippen LogP contribution in [0.2, 0.25) is 0 Å². The molecule has 8 nitrogen and oxygen atoms in total. The summed E-state index contributed by atoms with van der Waals surface area (Å²) in [7, 11) is -3.71. The molecule has 3 aromatic rings. The van der Waals surface area contributed by atoms with Crippen molar-refractivity contribution in [2.24, 2.45) is 0 Å². The summed E-state index contributed by atoms with van der Waals surface area (Å²) in [5.74, 6) is -1.29. The van der Waals surface area contributed by atoms with Crippen LogP contribution in [0, 0.1) is 11.6 Å². The van der Waals surface area contributed by atoms with Crippen LogP contribution in [0.1, 0.15) is 55.6 Å². The Morgan fingerprint density at radius 1 is 0.909 bits per heavy atom. The molecule has 3 aromatic carbocycles. The summed E-state index contributed by atoms with van der Waals surface area (Å²) in [5, 5.41) is 0. The zero-order chi connectivity index (χ0) is 31.2. The molecule has 44 heavy (non-hydrogen) atoms. The van der Waals surface area contributed by atoms with Gasteiger partial charge in [-0.05, 0) is 75.6 Å². The van der Waals surface area contributed by atoms with E-state index >= 15 is 0 Å². The van der Waals surface area contributed by atoms with E-state index in [9.17, 15) is 22.0 Å². The minimum Gasteiger partial charge on any atom is -0.454 e. The third kappa shape index (κ3) is 5.57. The fraction of sp³-hybridized carbons (Fsp3) is 0.424. The number of hydrogen-bond acceptors (Lipinski definition) is 7. The first kappa shape index (κ1) is 30.5. The molecular weight excluding hydrogens is 588 g/mol. The number of hydrogen-bond donors (Lipinski definition) is 0. The molecule has 0 saturated carbocycles. The van der Waals surface area contributed by atoms with Gasteiger partial charge in [0.05, 0.1) is 9.79 Å². The largest absolute Gasteiger partial charge is 0.454 e. The van der Waals surface area contributed by atoms with Gasteiger partial charge in [0, 0.05) is 56.4 Å². The van der Waals surface area contributed by atoms with Crippen LogP contribution in [-0.4, -0.2) is 80.1 Å². The highest BCUT2D eigenvalue weighted by Gasteiger charge is 2.41. The van der Waals surface area contributed by atoms with Gasteiger partial charge in [-0.1, -0.05) is 18.2 Å². The minimum absolute atomic E-state index is 0.0797. The molecule has 0 bridgehead atoms. The first-order chi connectivity index (χ1) is 21.0. The van der Waals surface area contributed by atoms with Crippen molar-refractivity contribution >= 4 is 15.7 Å². The fourth-order valence-electron chi connectivity index (χ4n) is 6.70. The van der Waals surface area contributed by atoms with Gasteiger partial charge in [-0.25, -0.2) is 17.2 Å². The molecule has 0 spiro atoms. The molecule has 0 N–H and O–H groups in total. The smallest absolute Gasteiger partial charge is 0.259 e. The molecule has 2 saturated heterocycles. The third-order valence-corrected chi connectivity index (χ3v) is 11.3. The number of carbonyl (C=O) groups excluding carboxylic acids is 1. The van der Waals surface area contributed by atoms with E-state index in [1.165, 1.54) is 18.2 Å². The van der Waals surface area contributed by atoms with Gasteiger partial charge < -0.3 is 14.4 Å². The van der Waals surface area contributed by atoms with Crippen molar-refractivity contribution in [3.05, 3.63) is 83.4 Å². The molecule has 3 aliphatic heterocycles. The number of piperazine rings is 1. The van der Waals surface area contributed by atoms with Crippen molar-refractivity contribution < 1.29 is 31.5 Å². The summed E-state index contributed by atoms with van der Waals surface area (Å²) < 4.78 is 65.6. The SMILES string of the molecule is C[C@@H]1CN(C2(C)CCN(C(=O)c3c(F)cccc3F)CC2)CCN1[C@@H](C)c1ccc(S(=O)(=O)c2ccc3c(c2)OCO3)cc1. The number of nitrogens with zero attached hydrogens (tertiary/aromatic N) is 3. The van der Waals surface area contributed by atoms with Crippen LogP contribution in [-0.2, 0) is 9.84 Å². The number of benzene rings is 3. The molecule has 234 valence electrons. The first-order valence-electron chi connectivity index (χ1n) is 15.0. The van der Waals surface area contributed by atoms with E-state index in [1.807, 2.05) is 12.1 Å². The number of sulfone groups is 1. The van der Waals surface area contributed by atoms with E-state index in [1.54, 1.807) is 23.1 Å². The van der Waals surface area contributed by atoms with E-state index in [0.717, 1.165) is 50.2 Å². The molecule has 11 heteroatoms. The summed E-state index contributed by atoms with van der Waals surface area (Å²) in [5.41, 5.74) is 0.429. The van der Waals surface area contributed by atoms with Crippen molar-refractivity contribution in [1.29, 1.82) is 0 Å². The summed E-state index contributed by atoms with van der Waals surface area (Å²) in [6.45, 7) is 10.0. The normalized spacial score (nSPS) is 21.3. The maximum Gasteiger partial charge on any atom is 0.259 e. The van der Waals surface area contributed by atoms with Crippen LogP contribution in [0.3, 0.4) is 0 Å². The van der Waals surface area contributed by atoms with Crippen LogP contribution in [0.5, 0.6) is 11.5 Å². The average Bonchev–Trinajstić information content (AvgIpc) is 3.49. The summed E-state index contributed by atoms with van der Waals surface area (Å²) >= 11 is 0. The number of amides is 1. The Hall–Kier alpha value is -3.54. The van der Waals surface area contributed by atoms with Gasteiger partial charge in [-0.2, -0.15) is 0 Å². The second kappa shape index (κ2) is 11.8. The number of likely N-dealkylation sites (tertiary alicyclic amines) is 1. The van der Waals surface area contributed by atoms with Gasteiger partial charge in [0.25, 0.3) is 5.91 Å². The average molecular weight is 626 g/mol. The van der Waals surface area contributed by atoms with Gasteiger partial charge in [0.1, 0.15) is 17.2 Å². The quantitative estimate of drug-likeness (QED) is 0.369. The van der Waals surface area contributed by atoms with Gasteiger partial charge in [-0.15, -0.1) is 0 Å². The Morgan fingerprint density at radius 3 is 2.20 bits per heavy atom. The maximum atomic E-state index is 14.2. The predicted molar refractivity (Wildman–Crippen MR) is 161 cm³/mol. The number of halogens is 2. The van der Waals surface area contributed by atoms with E-state index < -0.39 is 32.9 Å². The van der Waals surface area contributed by atoms with Gasteiger partial charge >= 0.3 is 0 Å². The topological polar surface area (TPSA) is 79.4 Å². The van der Waals surface area contributed by atoms with E-state index in [0.29, 0.717) is 24.6 Å². The fourth-order valence-corrected chi connectivity index (χ4v) is 7.98. The Morgan fingerprint density at radius 2 is 1.55 bits per heavy atom. The second-order valence-electron chi connectivity index (χ2n) is 12.2. The van der Waals surface area contributed by atoms with Crippen molar-refractivity contribution in [2.45, 2.75) is 61.0 Å². The number of rotatable bonds is 6. The van der Waals surface area contributed by atoms with Gasteiger partial charge in [-0.3, -0.25) is 14.6 Å². The molecule has 3 heterocycles. The predicted octanol–water partition coefficient (Wildman–Crippen LogP) is 5.29. The monoisotopic (exact) mass is 625 g/mol. The number of carbonyl (C=O) groups is 1. The van der Waals surface area contributed by atoms with E-state index in [-0.39, 0.29) is 34.2 Å². The Labute approximate surface area is 257 Å². The zero-order valence-electron chi connectivity index (χ0n) is 25.1. The molecular formula is C33H37F2N3O5S. The Balaban J connectivity index is 1.07. The van der Waals surface area contributed by atoms with E-state index in [2.05, 4.69) is 30.6 Å². The lowest BCUT2D eigenvalue weighted by Gasteiger charge is -2.52. The lowest BCUT2D eigenvalue weighted by Crippen LogP contribution is -2.62. The van der Waals surface area contributed by atoms with Crippen molar-refractivity contribution in [3.63, 3.8) is 0 Å². The lowest BCUT2D eigenvalue weighted by molar-refractivity contribution is -0.0278. The first-order valence-corrected chi connectivity index (χ1v) is 16.4. The molecule has 2 fully saturated rings. The van der Waals surface area contributed by atoms with Crippen LogP contribution in [0.4, 0.5) is 8.78 Å². The molecule has 6 rings (SSSR count). The standard InChI is InChI=1S/C33H37F2N3O5S/c1-22-20-37(33(3)13-15-36(16-14-33)32(39)31-27(34)5-4-6-28(31)35)17-18-38(22)23(2)24-7-9-25(10-8-24)44(40,41)26-11-12-29-30(19-26)43-21-42-29/h4-12,19,22-23H,13-18,20-21H2,1-3H3/t22-,23+/m1/s1. The second-order valence-corrected chi connectivity index (χ2v) is 14.1. The molecule has 2 atom stereocenters. The highest BCUT2D eigenvalue weighted by atomic mass is 32.2. The summed E-state index contributed by atoms with van der Waals surface area (Å²) in [6.07, 6.45) is 1.44. The van der Waals surface area contributed by atoms with E-state index in [4.69, 9.17) is 9.47 Å². The van der Waals surface area contributed by atoms with Gasteiger partial charge in [0.2, 0.25) is 16.6 Å². The highest BCUT2D eigenvalue weighted by Crippen LogP contribution is 2.37. The molecule has 0 aliphatic carbocycles. The number of piperidine rings is 1. The molecule has 1 amide bonds. The van der Waals surface area contributed by atoms with Crippen LogP contribution in [0.15, 0.2) is 70.5 Å². The number of fused-ring (bicyclic) bond motifs is 1. The molecule has 0 radical (unpaired) electrons. The molecule has 0 aromatic heterocycles. The van der Waals surface area contributed by atoms with Crippen molar-refractivity contribution in [1.82, 2.24) is 14.7 Å². The molecule has 0 unspecified atom stereocenters. The Kier molecular flexibility index (Phi) is 8.15. The minimum atomic E-state index is -3.71. The van der Waals surface area contributed by atoms with Crippen LogP contribution >= 0.6 is 0 Å². The van der Waals surface area contributed by atoms with Gasteiger partial charge in [0.15, 0.2) is 11.5 Å². The third-order valence-electron chi connectivity index (χ3n) is 9.57.